The number of phenolic OH excluding ortho intramolecular Hbond substituents is 1. The first-order valence-electron chi connectivity index (χ1n) is 5.08. The van der Waals surface area contributed by atoms with Gasteiger partial charge in [-0.1, -0.05) is 0 Å². The van der Waals surface area contributed by atoms with Gasteiger partial charge in [0.1, 0.15) is 11.6 Å². The highest BCUT2D eigenvalue weighted by atomic mass is 79.9. The standard InChI is InChI=1S/C11H15BrFNO2/c1-7(14-3-2-4-15)8-5-9(12)10(13)6-11(8)16/h5-7,14-16H,2-4H2,1H3. The van der Waals surface area contributed by atoms with Crippen LogP contribution >= 0.6 is 15.9 Å². The summed E-state index contributed by atoms with van der Waals surface area (Å²) in [5, 5.41) is 21.4. The molecule has 5 heteroatoms. The number of aromatic hydroxyl groups is 1. The molecule has 0 radical (unpaired) electrons. The molecule has 0 amide bonds. The molecule has 1 aromatic carbocycles. The van der Waals surface area contributed by atoms with Crippen LogP contribution in [0, 0.1) is 5.82 Å². The SMILES string of the molecule is CC(NCCCO)c1cc(Br)c(F)cc1O. The number of hydrogen-bond donors (Lipinski definition) is 3. The molecule has 0 aliphatic rings. The lowest BCUT2D eigenvalue weighted by atomic mass is 10.1. The van der Waals surface area contributed by atoms with Gasteiger partial charge in [0.25, 0.3) is 0 Å². The molecule has 3 nitrogen and oxygen atoms in total. The van der Waals surface area contributed by atoms with Crippen LogP contribution < -0.4 is 5.32 Å². The Balaban J connectivity index is 2.75. The van der Waals surface area contributed by atoms with E-state index in [-0.39, 0.29) is 18.4 Å². The zero-order chi connectivity index (χ0) is 12.1. The van der Waals surface area contributed by atoms with Crippen LogP contribution in [0.3, 0.4) is 0 Å². The summed E-state index contributed by atoms with van der Waals surface area (Å²) in [6.45, 7) is 2.64. The number of hydrogen-bond acceptors (Lipinski definition) is 3. The van der Waals surface area contributed by atoms with E-state index in [4.69, 9.17) is 5.11 Å². The molecule has 90 valence electrons. The van der Waals surface area contributed by atoms with Crippen molar-refractivity contribution in [3.63, 3.8) is 0 Å². The molecule has 1 unspecified atom stereocenters. The topological polar surface area (TPSA) is 52.5 Å². The maximum absolute atomic E-state index is 13.1. The van der Waals surface area contributed by atoms with Crippen LogP contribution in [-0.2, 0) is 0 Å². The Morgan fingerprint density at radius 1 is 1.50 bits per heavy atom. The average molecular weight is 292 g/mol. The van der Waals surface area contributed by atoms with Gasteiger partial charge in [-0.15, -0.1) is 0 Å². The fourth-order valence-electron chi connectivity index (χ4n) is 1.41. The number of phenols is 1. The highest BCUT2D eigenvalue weighted by Gasteiger charge is 2.12. The molecule has 0 fully saturated rings. The zero-order valence-electron chi connectivity index (χ0n) is 9.00. The zero-order valence-corrected chi connectivity index (χ0v) is 10.6. The molecule has 0 heterocycles. The molecule has 0 saturated carbocycles. The molecule has 1 rings (SSSR count). The number of aliphatic hydroxyl groups excluding tert-OH is 1. The van der Waals surface area contributed by atoms with Crippen LogP contribution in [0.15, 0.2) is 16.6 Å². The maximum atomic E-state index is 13.1. The van der Waals surface area contributed by atoms with Gasteiger partial charge in [0.05, 0.1) is 4.47 Å². The van der Waals surface area contributed by atoms with E-state index in [0.717, 1.165) is 6.07 Å². The van der Waals surface area contributed by atoms with Gasteiger partial charge >= 0.3 is 0 Å². The fraction of sp³-hybridized carbons (Fsp3) is 0.455. The third-order valence-electron chi connectivity index (χ3n) is 2.32. The summed E-state index contributed by atoms with van der Waals surface area (Å²) in [6, 6.07) is 2.55. The summed E-state index contributed by atoms with van der Waals surface area (Å²) in [4.78, 5) is 0. The summed E-state index contributed by atoms with van der Waals surface area (Å²) in [6.07, 6.45) is 0.646. The minimum Gasteiger partial charge on any atom is -0.508 e. The lowest BCUT2D eigenvalue weighted by Crippen LogP contribution is -2.20. The second kappa shape index (κ2) is 6.18. The Morgan fingerprint density at radius 2 is 2.19 bits per heavy atom. The fourth-order valence-corrected chi connectivity index (χ4v) is 1.77. The van der Waals surface area contributed by atoms with E-state index in [9.17, 15) is 9.50 Å². The maximum Gasteiger partial charge on any atom is 0.141 e. The lowest BCUT2D eigenvalue weighted by Gasteiger charge is -2.15. The van der Waals surface area contributed by atoms with E-state index in [0.29, 0.717) is 23.0 Å². The van der Waals surface area contributed by atoms with Gasteiger partial charge in [0.15, 0.2) is 0 Å². The average Bonchev–Trinajstić information content (AvgIpc) is 2.23. The van der Waals surface area contributed by atoms with Crippen molar-refractivity contribution in [2.45, 2.75) is 19.4 Å². The monoisotopic (exact) mass is 291 g/mol. The third-order valence-corrected chi connectivity index (χ3v) is 2.93. The first kappa shape index (κ1) is 13.4. The van der Waals surface area contributed by atoms with Gasteiger partial charge in [-0.2, -0.15) is 0 Å². The van der Waals surface area contributed by atoms with E-state index in [1.807, 2.05) is 6.92 Å². The Bertz CT molecular complexity index is 360. The predicted molar refractivity (Wildman–Crippen MR) is 63.9 cm³/mol. The summed E-state index contributed by atoms with van der Waals surface area (Å²) in [7, 11) is 0. The van der Waals surface area contributed by atoms with Crippen molar-refractivity contribution in [1.82, 2.24) is 5.32 Å². The summed E-state index contributed by atoms with van der Waals surface area (Å²) in [5.41, 5.74) is 0.631. The quantitative estimate of drug-likeness (QED) is 0.730. The largest absolute Gasteiger partial charge is 0.508 e. The van der Waals surface area contributed by atoms with Crippen molar-refractivity contribution in [3.8, 4) is 5.75 Å². The highest BCUT2D eigenvalue weighted by molar-refractivity contribution is 9.10. The van der Waals surface area contributed by atoms with Gasteiger partial charge in [0.2, 0.25) is 0 Å². The second-order valence-electron chi connectivity index (χ2n) is 3.58. The molecule has 3 N–H and O–H groups in total. The molecule has 1 atom stereocenters. The number of aliphatic hydroxyl groups is 1. The van der Waals surface area contributed by atoms with Crippen LogP contribution in [0.2, 0.25) is 0 Å². The van der Waals surface area contributed by atoms with Crippen LogP contribution in [0.1, 0.15) is 24.9 Å². The van der Waals surface area contributed by atoms with Gasteiger partial charge in [-0.05, 0) is 41.9 Å². The Labute approximate surface area is 102 Å². The second-order valence-corrected chi connectivity index (χ2v) is 4.43. The van der Waals surface area contributed by atoms with E-state index < -0.39 is 5.82 Å². The summed E-state index contributed by atoms with van der Waals surface area (Å²) >= 11 is 3.08. The summed E-state index contributed by atoms with van der Waals surface area (Å²) in [5.74, 6) is -0.548. The first-order chi connectivity index (χ1) is 7.56. The molecular weight excluding hydrogens is 277 g/mol. The van der Waals surface area contributed by atoms with Crippen LogP contribution in [0.25, 0.3) is 0 Å². The van der Waals surface area contributed by atoms with Crippen molar-refractivity contribution in [3.05, 3.63) is 28.0 Å². The minimum atomic E-state index is -0.483. The van der Waals surface area contributed by atoms with Crippen molar-refractivity contribution < 1.29 is 14.6 Å². The van der Waals surface area contributed by atoms with Crippen LogP contribution in [0.5, 0.6) is 5.75 Å². The molecule has 0 spiro atoms. The molecule has 1 aromatic rings. The minimum absolute atomic E-state index is 0.0651. The van der Waals surface area contributed by atoms with E-state index in [2.05, 4.69) is 21.2 Å². The molecular formula is C11H15BrFNO2. The molecule has 0 aliphatic heterocycles. The van der Waals surface area contributed by atoms with Gasteiger partial charge in [-0.3, -0.25) is 0 Å². The summed E-state index contributed by atoms with van der Waals surface area (Å²) < 4.78 is 13.4. The first-order valence-corrected chi connectivity index (χ1v) is 5.87. The van der Waals surface area contributed by atoms with Crippen molar-refractivity contribution in [2.24, 2.45) is 0 Å². The van der Waals surface area contributed by atoms with Crippen molar-refractivity contribution in [2.75, 3.05) is 13.2 Å². The number of nitrogens with one attached hydrogen (secondary N) is 1. The molecule has 0 bridgehead atoms. The number of halogens is 2. The van der Waals surface area contributed by atoms with Gasteiger partial charge < -0.3 is 15.5 Å². The Kier molecular flexibility index (Phi) is 5.18. The smallest absolute Gasteiger partial charge is 0.141 e. The predicted octanol–water partition coefficient (Wildman–Crippen LogP) is 2.33. The van der Waals surface area contributed by atoms with Crippen LogP contribution in [0.4, 0.5) is 4.39 Å². The number of benzene rings is 1. The Hall–Kier alpha value is -0.650. The van der Waals surface area contributed by atoms with Crippen LogP contribution in [-0.4, -0.2) is 23.4 Å². The molecule has 0 aromatic heterocycles. The third kappa shape index (κ3) is 3.43. The lowest BCUT2D eigenvalue weighted by molar-refractivity contribution is 0.283. The molecule has 0 saturated heterocycles. The van der Waals surface area contributed by atoms with E-state index >= 15 is 0 Å². The Morgan fingerprint density at radius 3 is 2.81 bits per heavy atom. The van der Waals surface area contributed by atoms with E-state index in [1.54, 1.807) is 6.07 Å². The molecule has 0 aliphatic carbocycles. The van der Waals surface area contributed by atoms with Crippen molar-refractivity contribution >= 4 is 15.9 Å². The van der Waals surface area contributed by atoms with Crippen molar-refractivity contribution in [1.29, 1.82) is 0 Å². The highest BCUT2D eigenvalue weighted by Crippen LogP contribution is 2.29. The van der Waals surface area contributed by atoms with Gasteiger partial charge in [0, 0.05) is 24.3 Å². The van der Waals surface area contributed by atoms with E-state index in [1.165, 1.54) is 0 Å². The normalized spacial score (nSPS) is 12.8. The van der Waals surface area contributed by atoms with Gasteiger partial charge in [-0.25, -0.2) is 4.39 Å². The molecule has 16 heavy (non-hydrogen) atoms. The number of rotatable bonds is 5.